The van der Waals surface area contributed by atoms with Gasteiger partial charge in [-0.05, 0) is 41.3 Å². The van der Waals surface area contributed by atoms with Gasteiger partial charge in [0.2, 0.25) is 0 Å². The summed E-state index contributed by atoms with van der Waals surface area (Å²) in [5, 5.41) is 4.19. The van der Waals surface area contributed by atoms with Gasteiger partial charge in [-0.25, -0.2) is 0 Å². The molecule has 0 saturated heterocycles. The summed E-state index contributed by atoms with van der Waals surface area (Å²) in [7, 11) is 0. The second kappa shape index (κ2) is 8.88. The van der Waals surface area contributed by atoms with E-state index in [9.17, 15) is 4.79 Å². The van der Waals surface area contributed by atoms with E-state index in [1.165, 1.54) is 5.56 Å². The van der Waals surface area contributed by atoms with Crippen LogP contribution in [0.2, 0.25) is 5.02 Å². The molecule has 1 N–H and O–H groups in total. The molecule has 2 nitrogen and oxygen atoms in total. The molecule has 3 heteroatoms. The van der Waals surface area contributed by atoms with Crippen LogP contribution >= 0.6 is 11.6 Å². The highest BCUT2D eigenvalue weighted by Gasteiger charge is 2.17. The summed E-state index contributed by atoms with van der Waals surface area (Å²) in [6, 6.07) is 25.4. The van der Waals surface area contributed by atoms with E-state index in [0.29, 0.717) is 17.4 Å². The number of Topliss-reactive ketones (excluding diaryl/α,β-unsaturated/α-hetero) is 1. The predicted octanol–water partition coefficient (Wildman–Crippen LogP) is 6.89. The fraction of sp³-hybridized carbons (Fsp3) is 0.208. The lowest BCUT2D eigenvalue weighted by atomic mass is 9.95. The Hall–Kier alpha value is -2.58. The molecular weight excluding hydrogens is 354 g/mol. The van der Waals surface area contributed by atoms with E-state index in [1.54, 1.807) is 0 Å². The zero-order chi connectivity index (χ0) is 19.2. The Balaban J connectivity index is 1.85. The van der Waals surface area contributed by atoms with Gasteiger partial charge in [-0.15, -0.1) is 0 Å². The lowest BCUT2D eigenvalue weighted by molar-refractivity contribution is 0.0976. The molecule has 3 aromatic carbocycles. The summed E-state index contributed by atoms with van der Waals surface area (Å²) in [6.45, 7) is 4.36. The van der Waals surface area contributed by atoms with Crippen molar-refractivity contribution in [1.82, 2.24) is 0 Å². The minimum absolute atomic E-state index is 0.111. The van der Waals surface area contributed by atoms with Crippen molar-refractivity contribution in [2.24, 2.45) is 0 Å². The molecule has 138 valence electrons. The first kappa shape index (κ1) is 19.2. The molecule has 1 unspecified atom stereocenters. The van der Waals surface area contributed by atoms with Crippen LogP contribution in [0.1, 0.15) is 53.7 Å². The van der Waals surface area contributed by atoms with Crippen LogP contribution in [0, 0.1) is 0 Å². The Labute approximate surface area is 166 Å². The van der Waals surface area contributed by atoms with Gasteiger partial charge in [0.1, 0.15) is 0 Å². The van der Waals surface area contributed by atoms with Crippen molar-refractivity contribution in [3.63, 3.8) is 0 Å². The number of ketones is 1. The number of rotatable bonds is 7. The molecule has 0 radical (unpaired) electrons. The highest BCUT2D eigenvalue weighted by Crippen LogP contribution is 2.27. The van der Waals surface area contributed by atoms with Crippen molar-refractivity contribution >= 4 is 23.1 Å². The minimum atomic E-state index is -0.111. The number of anilines is 1. The lowest BCUT2D eigenvalue weighted by Crippen LogP contribution is -2.16. The number of nitrogens with one attached hydrogen (secondary N) is 1. The van der Waals surface area contributed by atoms with Crippen molar-refractivity contribution in [1.29, 1.82) is 0 Å². The third kappa shape index (κ3) is 5.21. The zero-order valence-electron chi connectivity index (χ0n) is 15.7. The number of hydrogen-bond acceptors (Lipinski definition) is 2. The smallest absolute Gasteiger partial charge is 0.165 e. The van der Waals surface area contributed by atoms with Gasteiger partial charge in [-0.1, -0.05) is 80.0 Å². The van der Waals surface area contributed by atoms with Gasteiger partial charge >= 0.3 is 0 Å². The highest BCUT2D eigenvalue weighted by molar-refractivity contribution is 6.30. The molecule has 0 aromatic heterocycles. The molecule has 0 aliphatic rings. The summed E-state index contributed by atoms with van der Waals surface area (Å²) in [5.41, 5.74) is 4.06. The SMILES string of the molecule is CC(C)c1ccc(C(CC(=O)c2ccccc2)Nc2ccc(Cl)cc2)cc1. The maximum Gasteiger partial charge on any atom is 0.165 e. The molecule has 0 heterocycles. The van der Waals surface area contributed by atoms with E-state index in [0.717, 1.165) is 16.8 Å². The van der Waals surface area contributed by atoms with Crippen molar-refractivity contribution in [2.75, 3.05) is 5.32 Å². The summed E-state index contributed by atoms with van der Waals surface area (Å²) in [6.07, 6.45) is 0.383. The van der Waals surface area contributed by atoms with Gasteiger partial charge in [0, 0.05) is 22.7 Å². The topological polar surface area (TPSA) is 29.1 Å². The first-order valence-corrected chi connectivity index (χ1v) is 9.61. The summed E-state index contributed by atoms with van der Waals surface area (Å²) in [5.74, 6) is 0.600. The number of carbonyl (C=O) groups is 1. The van der Waals surface area contributed by atoms with Crippen LogP contribution in [0.3, 0.4) is 0 Å². The third-order valence-corrected chi connectivity index (χ3v) is 4.93. The van der Waals surface area contributed by atoms with Crippen molar-refractivity contribution in [3.05, 3.63) is 101 Å². The monoisotopic (exact) mass is 377 g/mol. The molecule has 3 rings (SSSR count). The van der Waals surface area contributed by atoms with Gasteiger partial charge in [0.05, 0.1) is 6.04 Å². The van der Waals surface area contributed by atoms with Crippen LogP contribution in [-0.4, -0.2) is 5.78 Å². The summed E-state index contributed by atoms with van der Waals surface area (Å²) < 4.78 is 0. The largest absolute Gasteiger partial charge is 0.378 e. The third-order valence-electron chi connectivity index (χ3n) is 4.68. The first-order valence-electron chi connectivity index (χ1n) is 9.23. The van der Waals surface area contributed by atoms with E-state index in [1.807, 2.05) is 54.6 Å². The lowest BCUT2D eigenvalue weighted by Gasteiger charge is -2.21. The summed E-state index contributed by atoms with van der Waals surface area (Å²) >= 11 is 5.99. The molecule has 0 amide bonds. The van der Waals surface area contributed by atoms with E-state index in [2.05, 4.69) is 43.4 Å². The van der Waals surface area contributed by atoms with Crippen LogP contribution in [0.15, 0.2) is 78.9 Å². The maximum absolute atomic E-state index is 12.8. The van der Waals surface area contributed by atoms with E-state index >= 15 is 0 Å². The van der Waals surface area contributed by atoms with Gasteiger partial charge in [0.25, 0.3) is 0 Å². The van der Waals surface area contributed by atoms with E-state index in [-0.39, 0.29) is 11.8 Å². The fourth-order valence-corrected chi connectivity index (χ4v) is 3.17. The minimum Gasteiger partial charge on any atom is -0.378 e. The van der Waals surface area contributed by atoms with Crippen LogP contribution in [-0.2, 0) is 0 Å². The Morgan fingerprint density at radius 2 is 1.44 bits per heavy atom. The second-order valence-corrected chi connectivity index (χ2v) is 7.45. The molecule has 0 aliphatic carbocycles. The number of hydrogen-bond donors (Lipinski definition) is 1. The number of benzene rings is 3. The van der Waals surface area contributed by atoms with Crippen LogP contribution in [0.5, 0.6) is 0 Å². The Kier molecular flexibility index (Phi) is 6.31. The Morgan fingerprint density at radius 1 is 0.852 bits per heavy atom. The number of halogens is 1. The van der Waals surface area contributed by atoms with Gasteiger partial charge < -0.3 is 5.32 Å². The number of carbonyl (C=O) groups excluding carboxylic acids is 1. The standard InChI is InChI=1S/C24H24ClNO/c1-17(2)18-8-10-19(11-9-18)23(26-22-14-12-21(25)13-15-22)16-24(27)20-6-4-3-5-7-20/h3-15,17,23,26H,16H2,1-2H3. The van der Waals surface area contributed by atoms with Crippen LogP contribution in [0.25, 0.3) is 0 Å². The quantitative estimate of drug-likeness (QED) is 0.454. The second-order valence-electron chi connectivity index (χ2n) is 7.02. The Bertz CT molecular complexity index is 871. The van der Waals surface area contributed by atoms with Crippen molar-refractivity contribution in [2.45, 2.75) is 32.2 Å². The van der Waals surface area contributed by atoms with Crippen LogP contribution < -0.4 is 5.32 Å². The molecular formula is C24H24ClNO. The summed E-state index contributed by atoms with van der Waals surface area (Å²) in [4.78, 5) is 12.8. The average molecular weight is 378 g/mol. The Morgan fingerprint density at radius 3 is 2.04 bits per heavy atom. The molecule has 1 atom stereocenters. The van der Waals surface area contributed by atoms with Crippen molar-refractivity contribution < 1.29 is 4.79 Å². The van der Waals surface area contributed by atoms with Gasteiger partial charge in [-0.3, -0.25) is 4.79 Å². The normalized spacial score (nSPS) is 12.0. The zero-order valence-corrected chi connectivity index (χ0v) is 16.4. The molecule has 3 aromatic rings. The molecule has 0 aliphatic heterocycles. The molecule has 27 heavy (non-hydrogen) atoms. The molecule has 0 spiro atoms. The molecule has 0 saturated carbocycles. The van der Waals surface area contributed by atoms with Gasteiger partial charge in [0.15, 0.2) is 5.78 Å². The molecule has 0 bridgehead atoms. The van der Waals surface area contributed by atoms with Crippen LogP contribution in [0.4, 0.5) is 5.69 Å². The first-order chi connectivity index (χ1) is 13.0. The van der Waals surface area contributed by atoms with Gasteiger partial charge in [-0.2, -0.15) is 0 Å². The highest BCUT2D eigenvalue weighted by atomic mass is 35.5. The van der Waals surface area contributed by atoms with Crippen molar-refractivity contribution in [3.8, 4) is 0 Å². The average Bonchev–Trinajstić information content (AvgIpc) is 2.70. The predicted molar refractivity (Wildman–Crippen MR) is 114 cm³/mol. The van der Waals surface area contributed by atoms with E-state index < -0.39 is 0 Å². The van der Waals surface area contributed by atoms with E-state index in [4.69, 9.17) is 11.6 Å². The molecule has 0 fully saturated rings. The fourth-order valence-electron chi connectivity index (χ4n) is 3.04. The maximum atomic E-state index is 12.8.